The molecule has 0 saturated heterocycles. The van der Waals surface area contributed by atoms with Crippen LogP contribution in [0.25, 0.3) is 0 Å². The standard InChI is InChI=1S/C12H16Cl2N2O/c1-7(2)16-12(3,11(15)17)9-5-4-8(13)6-10(9)14/h4-7,16H,1-3H3,(H2,15,17). The highest BCUT2D eigenvalue weighted by molar-refractivity contribution is 6.35. The van der Waals surface area contributed by atoms with Crippen LogP contribution in [0.3, 0.4) is 0 Å². The van der Waals surface area contributed by atoms with E-state index in [2.05, 4.69) is 5.32 Å². The highest BCUT2D eigenvalue weighted by Crippen LogP contribution is 2.30. The number of halogens is 2. The van der Waals surface area contributed by atoms with Gasteiger partial charge in [-0.25, -0.2) is 0 Å². The van der Waals surface area contributed by atoms with Gasteiger partial charge in [-0.3, -0.25) is 10.1 Å². The van der Waals surface area contributed by atoms with Crippen LogP contribution in [0.15, 0.2) is 18.2 Å². The zero-order valence-electron chi connectivity index (χ0n) is 10.1. The van der Waals surface area contributed by atoms with Gasteiger partial charge in [0.1, 0.15) is 5.54 Å². The first-order chi connectivity index (χ1) is 7.77. The van der Waals surface area contributed by atoms with Crippen molar-refractivity contribution < 1.29 is 4.79 Å². The molecule has 0 fully saturated rings. The first-order valence-corrected chi connectivity index (χ1v) is 6.06. The molecule has 3 nitrogen and oxygen atoms in total. The van der Waals surface area contributed by atoms with Crippen molar-refractivity contribution in [3.8, 4) is 0 Å². The van der Waals surface area contributed by atoms with E-state index in [4.69, 9.17) is 28.9 Å². The van der Waals surface area contributed by atoms with Crippen molar-refractivity contribution in [3.05, 3.63) is 33.8 Å². The number of nitrogens with one attached hydrogen (secondary N) is 1. The van der Waals surface area contributed by atoms with Crippen LogP contribution in [0.2, 0.25) is 10.0 Å². The minimum absolute atomic E-state index is 0.0965. The van der Waals surface area contributed by atoms with Crippen LogP contribution in [0, 0.1) is 0 Å². The van der Waals surface area contributed by atoms with Crippen LogP contribution in [0.1, 0.15) is 26.3 Å². The highest BCUT2D eigenvalue weighted by atomic mass is 35.5. The largest absolute Gasteiger partial charge is 0.368 e. The third kappa shape index (κ3) is 3.12. The number of carbonyl (C=O) groups is 1. The molecule has 17 heavy (non-hydrogen) atoms. The summed E-state index contributed by atoms with van der Waals surface area (Å²) in [6.45, 7) is 5.58. The second-order valence-corrected chi connectivity index (χ2v) is 5.26. The Bertz CT molecular complexity index is 435. The predicted octanol–water partition coefficient (Wildman–Crippen LogP) is 2.69. The highest BCUT2D eigenvalue weighted by Gasteiger charge is 2.35. The number of carbonyl (C=O) groups excluding carboxylic acids is 1. The Morgan fingerprint density at radius 2 is 2.00 bits per heavy atom. The van der Waals surface area contributed by atoms with E-state index in [0.29, 0.717) is 15.6 Å². The van der Waals surface area contributed by atoms with Gasteiger partial charge in [0.2, 0.25) is 5.91 Å². The summed E-state index contributed by atoms with van der Waals surface area (Å²) in [5.41, 5.74) is 5.09. The molecule has 1 rings (SSSR count). The van der Waals surface area contributed by atoms with E-state index in [0.717, 1.165) is 0 Å². The van der Waals surface area contributed by atoms with Gasteiger partial charge in [-0.05, 0) is 32.9 Å². The molecule has 0 heterocycles. The summed E-state index contributed by atoms with van der Waals surface area (Å²) in [5.74, 6) is -0.476. The fraction of sp³-hybridized carbons (Fsp3) is 0.417. The van der Waals surface area contributed by atoms with Crippen LogP contribution in [-0.2, 0) is 10.3 Å². The molecule has 0 bridgehead atoms. The Balaban J connectivity index is 3.27. The normalized spacial score (nSPS) is 14.7. The molecule has 1 unspecified atom stereocenters. The van der Waals surface area contributed by atoms with E-state index in [1.54, 1.807) is 25.1 Å². The van der Waals surface area contributed by atoms with Gasteiger partial charge in [0.25, 0.3) is 0 Å². The average molecular weight is 275 g/mol. The molecule has 1 atom stereocenters. The summed E-state index contributed by atoms with van der Waals surface area (Å²) in [6.07, 6.45) is 0. The Hall–Kier alpha value is -0.770. The maximum absolute atomic E-state index is 11.7. The van der Waals surface area contributed by atoms with Crippen molar-refractivity contribution >= 4 is 29.1 Å². The molecule has 0 aliphatic carbocycles. The molecule has 1 amide bonds. The lowest BCUT2D eigenvalue weighted by Gasteiger charge is -2.31. The lowest BCUT2D eigenvalue weighted by Crippen LogP contribution is -2.53. The van der Waals surface area contributed by atoms with Crippen LogP contribution in [0.4, 0.5) is 0 Å². The van der Waals surface area contributed by atoms with Crippen molar-refractivity contribution in [2.24, 2.45) is 5.73 Å². The molecule has 0 spiro atoms. The number of amides is 1. The monoisotopic (exact) mass is 274 g/mol. The topological polar surface area (TPSA) is 55.1 Å². The number of hydrogen-bond acceptors (Lipinski definition) is 2. The van der Waals surface area contributed by atoms with Crippen molar-refractivity contribution in [3.63, 3.8) is 0 Å². The lowest BCUT2D eigenvalue weighted by atomic mass is 9.90. The Morgan fingerprint density at radius 3 is 2.41 bits per heavy atom. The van der Waals surface area contributed by atoms with Gasteiger partial charge in [-0.2, -0.15) is 0 Å². The summed E-state index contributed by atoms with van der Waals surface area (Å²) < 4.78 is 0. The second-order valence-electron chi connectivity index (χ2n) is 4.41. The van der Waals surface area contributed by atoms with Crippen LogP contribution >= 0.6 is 23.2 Å². The Morgan fingerprint density at radius 1 is 1.41 bits per heavy atom. The number of primary amides is 1. The first kappa shape index (κ1) is 14.3. The Kier molecular flexibility index (Phi) is 4.42. The van der Waals surface area contributed by atoms with E-state index < -0.39 is 11.4 Å². The van der Waals surface area contributed by atoms with Gasteiger partial charge in [-0.1, -0.05) is 29.3 Å². The number of rotatable bonds is 4. The third-order valence-corrected chi connectivity index (χ3v) is 3.09. The van der Waals surface area contributed by atoms with Gasteiger partial charge in [-0.15, -0.1) is 0 Å². The van der Waals surface area contributed by atoms with E-state index >= 15 is 0 Å². The van der Waals surface area contributed by atoms with Gasteiger partial charge >= 0.3 is 0 Å². The maximum Gasteiger partial charge on any atom is 0.242 e. The van der Waals surface area contributed by atoms with E-state index in [9.17, 15) is 4.79 Å². The molecule has 0 aromatic heterocycles. The van der Waals surface area contributed by atoms with Gasteiger partial charge in [0.05, 0.1) is 0 Å². The summed E-state index contributed by atoms with van der Waals surface area (Å²) in [6, 6.07) is 5.09. The van der Waals surface area contributed by atoms with Crippen molar-refractivity contribution in [1.29, 1.82) is 0 Å². The lowest BCUT2D eigenvalue weighted by molar-refractivity contribution is -0.124. The van der Waals surface area contributed by atoms with Crippen LogP contribution in [0.5, 0.6) is 0 Å². The zero-order chi connectivity index (χ0) is 13.2. The summed E-state index contributed by atoms with van der Waals surface area (Å²) in [7, 11) is 0. The molecular weight excluding hydrogens is 259 g/mol. The van der Waals surface area contributed by atoms with Gasteiger partial charge < -0.3 is 5.73 Å². The summed E-state index contributed by atoms with van der Waals surface area (Å²) in [4.78, 5) is 11.7. The SMILES string of the molecule is CC(C)NC(C)(C(N)=O)c1ccc(Cl)cc1Cl. The minimum Gasteiger partial charge on any atom is -0.368 e. The molecule has 0 radical (unpaired) electrons. The van der Waals surface area contributed by atoms with Crippen molar-refractivity contribution in [2.75, 3.05) is 0 Å². The number of nitrogens with two attached hydrogens (primary N) is 1. The quantitative estimate of drug-likeness (QED) is 0.887. The van der Waals surface area contributed by atoms with Crippen molar-refractivity contribution in [1.82, 2.24) is 5.32 Å². The van der Waals surface area contributed by atoms with Crippen LogP contribution in [-0.4, -0.2) is 11.9 Å². The van der Waals surface area contributed by atoms with Gasteiger partial charge in [0.15, 0.2) is 0 Å². The fourth-order valence-corrected chi connectivity index (χ4v) is 2.35. The van der Waals surface area contributed by atoms with Crippen molar-refractivity contribution in [2.45, 2.75) is 32.4 Å². The smallest absolute Gasteiger partial charge is 0.242 e. The minimum atomic E-state index is -1.00. The van der Waals surface area contributed by atoms with Crippen LogP contribution < -0.4 is 11.1 Å². The number of hydrogen-bond donors (Lipinski definition) is 2. The second kappa shape index (κ2) is 5.25. The fourth-order valence-electron chi connectivity index (χ4n) is 1.75. The molecular formula is C12H16Cl2N2O. The Labute approximate surface area is 111 Å². The summed E-state index contributed by atoms with van der Waals surface area (Å²) >= 11 is 11.9. The molecule has 1 aromatic rings. The average Bonchev–Trinajstić information content (AvgIpc) is 2.15. The van der Waals surface area contributed by atoms with E-state index in [-0.39, 0.29) is 6.04 Å². The molecule has 0 saturated carbocycles. The third-order valence-electron chi connectivity index (χ3n) is 2.54. The molecule has 0 aliphatic heterocycles. The molecule has 0 aliphatic rings. The predicted molar refractivity (Wildman–Crippen MR) is 71.3 cm³/mol. The zero-order valence-corrected chi connectivity index (χ0v) is 11.6. The maximum atomic E-state index is 11.7. The summed E-state index contributed by atoms with van der Waals surface area (Å²) in [5, 5.41) is 4.08. The van der Waals surface area contributed by atoms with Gasteiger partial charge in [0, 0.05) is 21.7 Å². The first-order valence-electron chi connectivity index (χ1n) is 5.30. The number of benzene rings is 1. The molecule has 5 heteroatoms. The van der Waals surface area contributed by atoms with E-state index in [1.807, 2.05) is 13.8 Å². The molecule has 3 N–H and O–H groups in total. The molecule has 94 valence electrons. The van der Waals surface area contributed by atoms with E-state index in [1.165, 1.54) is 0 Å². The molecule has 1 aromatic carbocycles.